The van der Waals surface area contributed by atoms with Crippen molar-refractivity contribution in [1.29, 1.82) is 0 Å². The highest BCUT2D eigenvalue weighted by atomic mass is 19.4. The molecule has 0 spiro atoms. The number of hydrogen-bond donors (Lipinski definition) is 4. The zero-order chi connectivity index (χ0) is 26.1. The molecule has 1 aliphatic rings. The number of alkyl halides is 3. The van der Waals surface area contributed by atoms with Crippen LogP contribution in [0, 0.1) is 0 Å². The van der Waals surface area contributed by atoms with Gasteiger partial charge in [0.2, 0.25) is 0 Å². The van der Waals surface area contributed by atoms with Gasteiger partial charge in [-0.3, -0.25) is 4.40 Å². The molecule has 0 saturated carbocycles. The predicted molar refractivity (Wildman–Crippen MR) is 133 cm³/mol. The number of aromatic nitrogens is 2. The van der Waals surface area contributed by atoms with E-state index >= 15 is 0 Å². The van der Waals surface area contributed by atoms with Crippen LogP contribution >= 0.6 is 0 Å². The van der Waals surface area contributed by atoms with E-state index in [9.17, 15) is 18.0 Å². The van der Waals surface area contributed by atoms with Gasteiger partial charge in [-0.05, 0) is 55.6 Å². The second-order valence-electron chi connectivity index (χ2n) is 8.77. The molecule has 2 amide bonds. The average molecular weight is 521 g/mol. The summed E-state index contributed by atoms with van der Waals surface area (Å²) in [6.45, 7) is 2.29. The molecule has 1 saturated heterocycles. The zero-order valence-corrected chi connectivity index (χ0v) is 20.3. The molecular formula is C25H31F3N6O3. The normalized spacial score (nSPS) is 14.7. The number of anilines is 1. The van der Waals surface area contributed by atoms with Gasteiger partial charge in [0.1, 0.15) is 12.2 Å². The Kier molecular flexibility index (Phi) is 9.34. The van der Waals surface area contributed by atoms with Crippen molar-refractivity contribution in [3.63, 3.8) is 0 Å². The molecule has 0 aliphatic carbocycles. The molecule has 0 unspecified atom stereocenters. The third-order valence-corrected chi connectivity index (χ3v) is 5.90. The number of carbonyl (C=O) groups excluding carboxylic acids is 1. The number of benzene rings is 1. The first kappa shape index (κ1) is 26.9. The lowest BCUT2D eigenvalue weighted by Gasteiger charge is -2.23. The number of imidazole rings is 1. The van der Waals surface area contributed by atoms with Crippen molar-refractivity contribution in [1.82, 2.24) is 25.5 Å². The minimum Gasteiger partial charge on any atom is -0.381 e. The summed E-state index contributed by atoms with van der Waals surface area (Å²) in [5, 5.41) is 7.74. The number of nitrogens with one attached hydrogen (secondary N) is 4. The molecule has 12 heteroatoms. The second kappa shape index (κ2) is 12.9. The summed E-state index contributed by atoms with van der Waals surface area (Å²) in [5.74, 6) is 0. The number of fused-ring (bicyclic) bond motifs is 1. The molecule has 200 valence electrons. The number of rotatable bonds is 11. The van der Waals surface area contributed by atoms with Crippen LogP contribution in [0.5, 0.6) is 0 Å². The van der Waals surface area contributed by atoms with Crippen LogP contribution in [0.4, 0.5) is 23.7 Å². The fourth-order valence-electron chi connectivity index (χ4n) is 4.02. The Balaban J connectivity index is 1.25. The number of amides is 2. The highest BCUT2D eigenvalue weighted by molar-refractivity contribution is 5.90. The first-order valence-electron chi connectivity index (χ1n) is 12.2. The number of carbonyl (C=O) groups is 1. The summed E-state index contributed by atoms with van der Waals surface area (Å²) in [6, 6.07) is 10.3. The smallest absolute Gasteiger partial charge is 0.381 e. The number of pyridine rings is 1. The van der Waals surface area contributed by atoms with Gasteiger partial charge in [-0.15, -0.1) is 0 Å². The van der Waals surface area contributed by atoms with Crippen LogP contribution < -0.4 is 21.4 Å². The van der Waals surface area contributed by atoms with Crippen molar-refractivity contribution in [3.05, 3.63) is 54.4 Å². The minimum absolute atomic E-state index is 0.369. The minimum atomic E-state index is -4.47. The van der Waals surface area contributed by atoms with E-state index in [1.54, 1.807) is 29.7 Å². The molecule has 4 rings (SSSR count). The standard InChI is InChI=1S/C25H31F3N6O3/c26-25(27,28)17-31-24(35)33-21-4-1-3-19(14-21)22-16-30-23-13-18(5-9-34(22)23)15-32-37-10-2-8-29-20-6-11-36-12-7-20/h1,3-5,9,13-14,16,20,29,32H,2,6-8,10-12,15,17H2,(H2,31,33,35). The molecule has 2 aromatic heterocycles. The van der Waals surface area contributed by atoms with Crippen molar-refractivity contribution in [2.75, 3.05) is 38.2 Å². The van der Waals surface area contributed by atoms with E-state index in [2.05, 4.69) is 21.1 Å². The van der Waals surface area contributed by atoms with Gasteiger partial charge < -0.3 is 25.5 Å². The molecule has 0 atom stereocenters. The Morgan fingerprint density at radius 3 is 2.84 bits per heavy atom. The molecule has 37 heavy (non-hydrogen) atoms. The summed E-state index contributed by atoms with van der Waals surface area (Å²) >= 11 is 0. The number of ether oxygens (including phenoxy) is 1. The van der Waals surface area contributed by atoms with E-state index < -0.39 is 18.8 Å². The molecule has 4 N–H and O–H groups in total. The van der Waals surface area contributed by atoms with Gasteiger partial charge in [-0.25, -0.2) is 9.78 Å². The van der Waals surface area contributed by atoms with Gasteiger partial charge in [-0.2, -0.15) is 18.7 Å². The van der Waals surface area contributed by atoms with Crippen LogP contribution in [-0.2, 0) is 16.1 Å². The summed E-state index contributed by atoms with van der Waals surface area (Å²) in [7, 11) is 0. The summed E-state index contributed by atoms with van der Waals surface area (Å²) < 4.78 is 44.2. The maximum Gasteiger partial charge on any atom is 0.405 e. The van der Waals surface area contributed by atoms with Gasteiger partial charge >= 0.3 is 12.2 Å². The lowest BCUT2D eigenvalue weighted by atomic mass is 10.1. The largest absolute Gasteiger partial charge is 0.405 e. The van der Waals surface area contributed by atoms with Crippen molar-refractivity contribution in [2.24, 2.45) is 0 Å². The van der Waals surface area contributed by atoms with Crippen LogP contribution in [0.25, 0.3) is 16.9 Å². The van der Waals surface area contributed by atoms with Crippen LogP contribution in [0.2, 0.25) is 0 Å². The molecule has 9 nitrogen and oxygen atoms in total. The molecule has 1 aromatic carbocycles. The van der Waals surface area contributed by atoms with E-state index in [0.29, 0.717) is 24.9 Å². The fourth-order valence-corrected chi connectivity index (χ4v) is 4.02. The molecular weight excluding hydrogens is 489 g/mol. The maximum atomic E-state index is 12.3. The van der Waals surface area contributed by atoms with Crippen LogP contribution in [-0.4, -0.2) is 60.5 Å². The number of halogens is 3. The fraction of sp³-hybridized carbons (Fsp3) is 0.440. The predicted octanol–water partition coefficient (Wildman–Crippen LogP) is 3.87. The van der Waals surface area contributed by atoms with Crippen molar-refractivity contribution < 1.29 is 27.5 Å². The summed E-state index contributed by atoms with van der Waals surface area (Å²) in [5.41, 5.74) is 6.62. The van der Waals surface area contributed by atoms with Crippen LogP contribution in [0.1, 0.15) is 24.8 Å². The van der Waals surface area contributed by atoms with Crippen molar-refractivity contribution >= 4 is 17.4 Å². The summed E-state index contributed by atoms with van der Waals surface area (Å²) in [6.07, 6.45) is 2.15. The van der Waals surface area contributed by atoms with E-state index in [1.807, 2.05) is 28.8 Å². The number of nitrogens with zero attached hydrogens (tertiary/aromatic N) is 2. The van der Waals surface area contributed by atoms with E-state index in [1.165, 1.54) is 0 Å². The molecule has 3 aromatic rings. The monoisotopic (exact) mass is 520 g/mol. The second-order valence-corrected chi connectivity index (χ2v) is 8.77. The number of hydroxylamine groups is 1. The van der Waals surface area contributed by atoms with E-state index in [0.717, 1.165) is 61.5 Å². The Morgan fingerprint density at radius 1 is 1.19 bits per heavy atom. The van der Waals surface area contributed by atoms with Gasteiger partial charge in [0, 0.05) is 43.2 Å². The van der Waals surface area contributed by atoms with E-state index in [-0.39, 0.29) is 0 Å². The van der Waals surface area contributed by atoms with Crippen LogP contribution in [0.3, 0.4) is 0 Å². The number of urea groups is 1. The quantitative estimate of drug-likeness (QED) is 0.226. The molecule has 0 radical (unpaired) electrons. The molecule has 3 heterocycles. The van der Waals surface area contributed by atoms with Crippen LogP contribution in [0.15, 0.2) is 48.8 Å². The maximum absolute atomic E-state index is 12.3. The van der Waals surface area contributed by atoms with Gasteiger partial charge in [0.25, 0.3) is 0 Å². The van der Waals surface area contributed by atoms with Crippen molar-refractivity contribution in [3.8, 4) is 11.3 Å². The van der Waals surface area contributed by atoms with Gasteiger partial charge in [-0.1, -0.05) is 12.1 Å². The number of hydrogen-bond acceptors (Lipinski definition) is 6. The third-order valence-electron chi connectivity index (χ3n) is 5.90. The summed E-state index contributed by atoms with van der Waals surface area (Å²) in [4.78, 5) is 21.8. The Hall–Kier alpha value is -3.19. The van der Waals surface area contributed by atoms with Gasteiger partial charge in [0.15, 0.2) is 0 Å². The molecule has 1 aliphatic heterocycles. The SMILES string of the molecule is O=C(NCC(F)(F)F)Nc1cccc(-c2cnc3cc(CNOCCCNC4CCOCC4)ccn23)c1. The topological polar surface area (TPSA) is 101 Å². The third kappa shape index (κ3) is 8.42. The molecule has 0 bridgehead atoms. The van der Waals surface area contributed by atoms with Gasteiger partial charge in [0.05, 0.1) is 18.5 Å². The van der Waals surface area contributed by atoms with Crippen molar-refractivity contribution in [2.45, 2.75) is 38.0 Å². The highest BCUT2D eigenvalue weighted by Crippen LogP contribution is 2.24. The lowest BCUT2D eigenvalue weighted by Crippen LogP contribution is -2.36. The lowest BCUT2D eigenvalue weighted by molar-refractivity contribution is -0.122. The Labute approximate surface area is 212 Å². The first-order valence-corrected chi connectivity index (χ1v) is 12.2. The zero-order valence-electron chi connectivity index (χ0n) is 20.3. The average Bonchev–Trinajstić information content (AvgIpc) is 3.31. The molecule has 1 fully saturated rings. The Morgan fingerprint density at radius 2 is 2.03 bits per heavy atom. The Bertz CT molecular complexity index is 1160. The van der Waals surface area contributed by atoms with E-state index in [4.69, 9.17) is 9.57 Å². The first-order chi connectivity index (χ1) is 17.9. The highest BCUT2D eigenvalue weighted by Gasteiger charge is 2.27.